The lowest BCUT2D eigenvalue weighted by molar-refractivity contribution is 0.228. The van der Waals surface area contributed by atoms with Gasteiger partial charge in [0.05, 0.1) is 10.4 Å². The number of benzene rings is 1. The van der Waals surface area contributed by atoms with Gasteiger partial charge in [0, 0.05) is 26.2 Å². The van der Waals surface area contributed by atoms with E-state index in [4.69, 9.17) is 4.42 Å². The van der Waals surface area contributed by atoms with Crippen LogP contribution < -0.4 is 11.1 Å². The summed E-state index contributed by atoms with van der Waals surface area (Å²) in [7, 11) is -1.96. The summed E-state index contributed by atoms with van der Waals surface area (Å²) < 4.78 is 33.8. The second kappa shape index (κ2) is 6.18. The van der Waals surface area contributed by atoms with Crippen LogP contribution in [0.5, 0.6) is 0 Å². The van der Waals surface area contributed by atoms with Crippen LogP contribution >= 0.6 is 12.4 Å². The van der Waals surface area contributed by atoms with Crippen molar-refractivity contribution >= 4 is 33.5 Å². The van der Waals surface area contributed by atoms with Gasteiger partial charge in [-0.3, -0.25) is 4.57 Å². The van der Waals surface area contributed by atoms with Crippen molar-refractivity contribution in [1.82, 2.24) is 14.2 Å². The molecule has 4 rings (SSSR count). The van der Waals surface area contributed by atoms with E-state index in [1.807, 2.05) is 0 Å². The molecular formula is C15H20ClN3O4S. The summed E-state index contributed by atoms with van der Waals surface area (Å²) in [6.45, 7) is 2.96. The fraction of sp³-hybridized carbons (Fsp3) is 0.533. The van der Waals surface area contributed by atoms with Gasteiger partial charge in [-0.25, -0.2) is 13.2 Å². The van der Waals surface area contributed by atoms with Gasteiger partial charge in [-0.2, -0.15) is 4.31 Å². The Kier molecular flexibility index (Phi) is 4.50. The van der Waals surface area contributed by atoms with Crippen LogP contribution in [0, 0.1) is 11.8 Å². The van der Waals surface area contributed by atoms with Crippen molar-refractivity contribution in [3.05, 3.63) is 28.7 Å². The Labute approximate surface area is 146 Å². The number of nitrogens with one attached hydrogen (secondary N) is 1. The first kappa shape index (κ1) is 17.5. The van der Waals surface area contributed by atoms with Crippen LogP contribution in [0.4, 0.5) is 0 Å². The molecule has 0 radical (unpaired) electrons. The van der Waals surface area contributed by atoms with Crippen LogP contribution in [0.25, 0.3) is 11.1 Å². The number of fused-ring (bicyclic) bond motifs is 2. The van der Waals surface area contributed by atoms with E-state index in [1.54, 1.807) is 23.5 Å². The Balaban J connectivity index is 0.00000169. The third-order valence-corrected chi connectivity index (χ3v) is 6.93. The minimum absolute atomic E-state index is 0. The van der Waals surface area contributed by atoms with Crippen molar-refractivity contribution in [2.45, 2.75) is 11.3 Å². The maximum atomic E-state index is 12.9. The van der Waals surface area contributed by atoms with E-state index in [0.29, 0.717) is 36.0 Å². The zero-order valence-electron chi connectivity index (χ0n) is 13.3. The predicted molar refractivity (Wildman–Crippen MR) is 91.9 cm³/mol. The van der Waals surface area contributed by atoms with Crippen LogP contribution in [0.1, 0.15) is 6.42 Å². The molecule has 2 unspecified atom stereocenters. The van der Waals surface area contributed by atoms with E-state index >= 15 is 0 Å². The molecule has 132 valence electrons. The summed E-state index contributed by atoms with van der Waals surface area (Å²) in [4.78, 5) is 11.7. The summed E-state index contributed by atoms with van der Waals surface area (Å²) in [6, 6.07) is 4.62. The van der Waals surface area contributed by atoms with E-state index in [0.717, 1.165) is 19.5 Å². The van der Waals surface area contributed by atoms with Crippen LogP contribution in [-0.2, 0) is 17.1 Å². The van der Waals surface area contributed by atoms with Gasteiger partial charge in [0.1, 0.15) is 0 Å². The molecular weight excluding hydrogens is 354 g/mol. The Morgan fingerprint density at radius 2 is 2.00 bits per heavy atom. The van der Waals surface area contributed by atoms with Crippen molar-refractivity contribution in [2.75, 3.05) is 26.2 Å². The van der Waals surface area contributed by atoms with Gasteiger partial charge in [-0.05, 0) is 43.5 Å². The minimum Gasteiger partial charge on any atom is -0.408 e. The number of nitrogens with zero attached hydrogens (tertiary/aromatic N) is 2. The molecule has 0 saturated carbocycles. The number of aryl methyl sites for hydroxylation is 1. The molecule has 1 N–H and O–H groups in total. The molecule has 7 nitrogen and oxygen atoms in total. The zero-order chi connectivity index (χ0) is 16.2. The minimum atomic E-state index is -3.56. The van der Waals surface area contributed by atoms with E-state index in [-0.39, 0.29) is 17.3 Å². The normalized spacial score (nSPS) is 24.7. The Bertz CT molecular complexity index is 920. The van der Waals surface area contributed by atoms with Gasteiger partial charge in [0.25, 0.3) is 0 Å². The van der Waals surface area contributed by atoms with E-state index < -0.39 is 15.8 Å². The Morgan fingerprint density at radius 3 is 2.79 bits per heavy atom. The molecule has 2 fully saturated rings. The van der Waals surface area contributed by atoms with Crippen molar-refractivity contribution in [3.8, 4) is 0 Å². The molecule has 24 heavy (non-hydrogen) atoms. The number of sulfonamides is 1. The number of hydrogen-bond acceptors (Lipinski definition) is 5. The van der Waals surface area contributed by atoms with Gasteiger partial charge in [0.15, 0.2) is 5.58 Å². The lowest BCUT2D eigenvalue weighted by atomic mass is 9.90. The molecule has 2 aliphatic heterocycles. The van der Waals surface area contributed by atoms with Crippen molar-refractivity contribution < 1.29 is 12.8 Å². The van der Waals surface area contributed by atoms with Crippen molar-refractivity contribution in [2.24, 2.45) is 18.9 Å². The fourth-order valence-corrected chi connectivity index (χ4v) is 5.17. The van der Waals surface area contributed by atoms with E-state index in [1.165, 1.54) is 10.6 Å². The van der Waals surface area contributed by atoms with Gasteiger partial charge >= 0.3 is 5.76 Å². The molecule has 0 aliphatic carbocycles. The monoisotopic (exact) mass is 373 g/mol. The van der Waals surface area contributed by atoms with Crippen LogP contribution in [-0.4, -0.2) is 43.5 Å². The molecule has 2 atom stereocenters. The molecule has 1 aromatic heterocycles. The van der Waals surface area contributed by atoms with Crippen LogP contribution in [0.15, 0.2) is 32.3 Å². The average Bonchev–Trinajstić information content (AvgIpc) is 3.11. The molecule has 3 heterocycles. The summed E-state index contributed by atoms with van der Waals surface area (Å²) in [6.07, 6.45) is 0.888. The first-order valence-electron chi connectivity index (χ1n) is 7.77. The van der Waals surface area contributed by atoms with Crippen molar-refractivity contribution in [3.63, 3.8) is 0 Å². The zero-order valence-corrected chi connectivity index (χ0v) is 14.9. The number of aromatic nitrogens is 1. The summed E-state index contributed by atoms with van der Waals surface area (Å²) in [5, 5.41) is 3.34. The van der Waals surface area contributed by atoms with Crippen LogP contribution in [0.2, 0.25) is 0 Å². The highest BCUT2D eigenvalue weighted by Crippen LogP contribution is 2.30. The maximum Gasteiger partial charge on any atom is 0.419 e. The summed E-state index contributed by atoms with van der Waals surface area (Å²) in [5.41, 5.74) is 0.892. The quantitative estimate of drug-likeness (QED) is 0.841. The first-order chi connectivity index (χ1) is 11.0. The molecule has 0 amide bonds. The third-order valence-electron chi connectivity index (χ3n) is 5.07. The first-order valence-corrected chi connectivity index (χ1v) is 9.21. The highest BCUT2D eigenvalue weighted by molar-refractivity contribution is 7.89. The maximum absolute atomic E-state index is 12.9. The number of halogens is 1. The van der Waals surface area contributed by atoms with Gasteiger partial charge in [-0.15, -0.1) is 12.4 Å². The highest BCUT2D eigenvalue weighted by atomic mass is 35.5. The Hall–Kier alpha value is -1.35. The number of hydrogen-bond donors (Lipinski definition) is 1. The molecule has 2 aromatic rings. The number of piperidine rings is 1. The lowest BCUT2D eigenvalue weighted by Gasteiger charge is -2.33. The SMILES string of the molecule is Cl.Cn1c(=O)oc2cc(S(=O)(=O)N3CCC4CNCC4C3)ccc21. The average molecular weight is 374 g/mol. The van der Waals surface area contributed by atoms with Crippen LogP contribution in [0.3, 0.4) is 0 Å². The molecule has 0 spiro atoms. The molecule has 2 saturated heterocycles. The topological polar surface area (TPSA) is 84.5 Å². The summed E-state index contributed by atoms with van der Waals surface area (Å²) in [5.74, 6) is 0.473. The summed E-state index contributed by atoms with van der Waals surface area (Å²) >= 11 is 0. The van der Waals surface area contributed by atoms with E-state index in [2.05, 4.69) is 5.32 Å². The smallest absolute Gasteiger partial charge is 0.408 e. The largest absolute Gasteiger partial charge is 0.419 e. The molecule has 2 aliphatic rings. The van der Waals surface area contributed by atoms with Gasteiger partial charge in [0.2, 0.25) is 10.0 Å². The number of oxazole rings is 1. The number of rotatable bonds is 2. The second-order valence-corrected chi connectivity index (χ2v) is 8.32. The van der Waals surface area contributed by atoms with Crippen molar-refractivity contribution in [1.29, 1.82) is 0 Å². The highest BCUT2D eigenvalue weighted by Gasteiger charge is 2.37. The van der Waals surface area contributed by atoms with E-state index in [9.17, 15) is 13.2 Å². The molecule has 9 heteroatoms. The second-order valence-electron chi connectivity index (χ2n) is 6.39. The molecule has 1 aromatic carbocycles. The standard InChI is InChI=1S/C15H19N3O4S.ClH/c1-17-13-3-2-12(6-14(13)22-15(17)19)23(20,21)18-5-4-10-7-16-8-11(10)9-18;/h2-3,6,10-11,16H,4-5,7-9H2,1H3;1H. The third kappa shape index (κ3) is 2.67. The van der Waals surface area contributed by atoms with Gasteiger partial charge in [-0.1, -0.05) is 0 Å². The fourth-order valence-electron chi connectivity index (χ4n) is 3.64. The Morgan fingerprint density at radius 1 is 1.25 bits per heavy atom. The van der Waals surface area contributed by atoms with Gasteiger partial charge < -0.3 is 9.73 Å². The molecule has 0 bridgehead atoms. The lowest BCUT2D eigenvalue weighted by Crippen LogP contribution is -2.43. The predicted octanol–water partition coefficient (Wildman–Crippen LogP) is 0.783.